The van der Waals surface area contributed by atoms with Gasteiger partial charge in [0.1, 0.15) is 14.2 Å². The maximum atomic E-state index is 5.90. The maximum absolute atomic E-state index is 5.90. The minimum atomic E-state index is -0.101. The highest BCUT2D eigenvalue weighted by Gasteiger charge is 2.33. The van der Waals surface area contributed by atoms with Gasteiger partial charge in [-0.2, -0.15) is 5.10 Å². The van der Waals surface area contributed by atoms with Crippen LogP contribution in [-0.4, -0.2) is 29.1 Å². The molecule has 3 aromatic rings. The van der Waals surface area contributed by atoms with Crippen molar-refractivity contribution in [3.05, 3.63) is 58.8 Å². The summed E-state index contributed by atoms with van der Waals surface area (Å²) >= 11 is 6.06. The molecule has 1 unspecified atom stereocenters. The molecular formula is C19H19BBrIN4. The number of rotatable bonds is 5. The van der Waals surface area contributed by atoms with Gasteiger partial charge in [-0.1, -0.05) is 65.6 Å². The molecule has 2 aromatic carbocycles. The van der Waals surface area contributed by atoms with Crippen molar-refractivity contribution in [3.63, 3.8) is 0 Å². The first-order valence-electron chi connectivity index (χ1n) is 8.27. The summed E-state index contributed by atoms with van der Waals surface area (Å²) in [7, 11) is 5.90. The van der Waals surface area contributed by atoms with Gasteiger partial charge in [-0.25, -0.2) is 4.98 Å². The summed E-state index contributed by atoms with van der Waals surface area (Å²) in [5.41, 5.74) is 4.02. The van der Waals surface area contributed by atoms with E-state index in [1.54, 1.807) is 0 Å². The van der Waals surface area contributed by atoms with Crippen molar-refractivity contribution in [2.75, 3.05) is 3.11 Å². The van der Waals surface area contributed by atoms with Crippen molar-refractivity contribution >= 4 is 57.8 Å². The number of H-pyrrole nitrogens is 1. The lowest BCUT2D eigenvalue weighted by molar-refractivity contribution is 0.443. The largest absolute Gasteiger partial charge is 0.311 e. The van der Waals surface area contributed by atoms with Gasteiger partial charge < -0.3 is 3.11 Å². The lowest BCUT2D eigenvalue weighted by atomic mass is 9.77. The van der Waals surface area contributed by atoms with Gasteiger partial charge in [0.25, 0.3) is 0 Å². The van der Waals surface area contributed by atoms with E-state index in [0.717, 1.165) is 27.0 Å². The summed E-state index contributed by atoms with van der Waals surface area (Å²) in [6.45, 7) is 6.73. The third-order valence-corrected chi connectivity index (χ3v) is 6.90. The number of hydrogen-bond acceptors (Lipinski definition) is 3. The summed E-state index contributed by atoms with van der Waals surface area (Å²) in [5.74, 6) is 0.768. The van der Waals surface area contributed by atoms with Crippen LogP contribution in [0.1, 0.15) is 26.3 Å². The molecule has 1 aromatic heterocycles. The lowest BCUT2D eigenvalue weighted by Gasteiger charge is -2.39. The molecule has 0 saturated heterocycles. The van der Waals surface area contributed by atoms with Gasteiger partial charge in [0, 0.05) is 27.2 Å². The molecule has 1 N–H and O–H groups in total. The number of hydrogen-bond donors (Lipinski definition) is 1. The van der Waals surface area contributed by atoms with E-state index in [-0.39, 0.29) is 11.5 Å². The molecule has 0 bridgehead atoms. The number of aromatic nitrogens is 3. The van der Waals surface area contributed by atoms with Gasteiger partial charge >= 0.3 is 0 Å². The van der Waals surface area contributed by atoms with Crippen LogP contribution in [0.2, 0.25) is 0 Å². The fourth-order valence-electron chi connectivity index (χ4n) is 2.92. The Morgan fingerprint density at radius 3 is 2.65 bits per heavy atom. The lowest BCUT2D eigenvalue weighted by Crippen LogP contribution is -2.41. The first-order valence-corrected chi connectivity index (χ1v) is 10.0. The Morgan fingerprint density at radius 2 is 2.00 bits per heavy atom. The molecule has 4 nitrogen and oxygen atoms in total. The number of aromatic amines is 1. The van der Waals surface area contributed by atoms with E-state index in [1.165, 1.54) is 11.9 Å². The molecule has 2 radical (unpaired) electrons. The predicted octanol–water partition coefficient (Wildman–Crippen LogP) is 4.55. The molecule has 0 amide bonds. The normalized spacial score (nSPS) is 12.8. The fraction of sp³-hybridized carbons (Fsp3) is 0.263. The highest BCUT2D eigenvalue weighted by Crippen LogP contribution is 2.38. The van der Waals surface area contributed by atoms with Crippen LogP contribution < -0.4 is 8.58 Å². The first kappa shape index (κ1) is 19.4. The van der Waals surface area contributed by atoms with E-state index in [0.29, 0.717) is 0 Å². The Kier molecular flexibility index (Phi) is 5.77. The fourth-order valence-corrected chi connectivity index (χ4v) is 4.82. The van der Waals surface area contributed by atoms with Crippen LogP contribution in [0, 0.1) is 0 Å². The van der Waals surface area contributed by atoms with E-state index in [9.17, 15) is 0 Å². The SMILES string of the molecule is [B]c1ccc(C(C)(C)C(C)N(I)c2cccc(-c3ncn[nH]3)c2)c(Br)c1. The van der Waals surface area contributed by atoms with Gasteiger partial charge in [-0.3, -0.25) is 5.10 Å². The van der Waals surface area contributed by atoms with Gasteiger partial charge in [-0.05, 0) is 24.6 Å². The zero-order valence-corrected chi connectivity index (χ0v) is 18.6. The van der Waals surface area contributed by atoms with Gasteiger partial charge in [0.2, 0.25) is 0 Å². The average Bonchev–Trinajstić information content (AvgIpc) is 3.15. The van der Waals surface area contributed by atoms with E-state index >= 15 is 0 Å². The number of nitrogens with one attached hydrogen (secondary N) is 1. The van der Waals surface area contributed by atoms with Gasteiger partial charge in [0.15, 0.2) is 5.82 Å². The average molecular weight is 521 g/mol. The van der Waals surface area contributed by atoms with Crippen LogP contribution in [-0.2, 0) is 5.41 Å². The number of nitrogens with zero attached hydrogens (tertiary/aromatic N) is 3. The van der Waals surface area contributed by atoms with E-state index in [4.69, 9.17) is 7.85 Å². The van der Waals surface area contributed by atoms with Crippen LogP contribution in [0.3, 0.4) is 0 Å². The zero-order chi connectivity index (χ0) is 18.9. The van der Waals surface area contributed by atoms with Crippen molar-refractivity contribution < 1.29 is 0 Å². The van der Waals surface area contributed by atoms with E-state index in [1.807, 2.05) is 24.3 Å². The molecule has 132 valence electrons. The van der Waals surface area contributed by atoms with Crippen LogP contribution in [0.5, 0.6) is 0 Å². The highest BCUT2D eigenvalue weighted by molar-refractivity contribution is 14.1. The molecule has 0 fully saturated rings. The molecule has 0 spiro atoms. The van der Waals surface area contributed by atoms with Crippen LogP contribution in [0.15, 0.2) is 53.3 Å². The third-order valence-electron chi connectivity index (χ3n) is 4.85. The number of benzene rings is 2. The second-order valence-electron chi connectivity index (χ2n) is 6.83. The summed E-state index contributed by atoms with van der Waals surface area (Å²) < 4.78 is 3.30. The summed E-state index contributed by atoms with van der Waals surface area (Å²) in [6, 6.07) is 14.5. The van der Waals surface area contributed by atoms with Crippen LogP contribution in [0.4, 0.5) is 5.69 Å². The van der Waals surface area contributed by atoms with Crippen LogP contribution in [0.25, 0.3) is 11.4 Å². The molecule has 26 heavy (non-hydrogen) atoms. The summed E-state index contributed by atoms with van der Waals surface area (Å²) in [4.78, 5) is 4.24. The Hall–Kier alpha value is -1.35. The molecule has 3 rings (SSSR count). The molecule has 0 aliphatic heterocycles. The van der Waals surface area contributed by atoms with Crippen molar-refractivity contribution in [2.24, 2.45) is 0 Å². The second-order valence-corrected chi connectivity index (χ2v) is 8.73. The van der Waals surface area contributed by atoms with Gasteiger partial charge in [0.05, 0.1) is 22.9 Å². The number of anilines is 1. The van der Waals surface area contributed by atoms with Crippen molar-refractivity contribution in [1.29, 1.82) is 0 Å². The summed E-state index contributed by atoms with van der Waals surface area (Å²) in [5, 5.41) is 6.85. The molecule has 0 aliphatic rings. The quantitative estimate of drug-likeness (QED) is 0.305. The topological polar surface area (TPSA) is 44.8 Å². The zero-order valence-electron chi connectivity index (χ0n) is 14.9. The maximum Gasteiger partial charge on any atom is 0.155 e. The minimum absolute atomic E-state index is 0.101. The Labute approximate surface area is 177 Å². The molecule has 0 saturated carbocycles. The Balaban J connectivity index is 1.91. The number of halogens is 2. The standard InChI is InChI=1S/C19H19BBrIN4/c1-12(19(2,3)16-8-7-14(20)10-17(16)21)26(22)15-6-4-5-13(9-15)18-23-11-24-25-18/h4-12H,1-3H3,(H,23,24,25). The third kappa shape index (κ3) is 3.83. The molecular weight excluding hydrogens is 502 g/mol. The predicted molar refractivity (Wildman–Crippen MR) is 120 cm³/mol. The molecule has 1 heterocycles. The van der Waals surface area contributed by atoms with E-state index in [2.05, 4.69) is 96.1 Å². The molecule has 7 heteroatoms. The summed E-state index contributed by atoms with van der Waals surface area (Å²) in [6.07, 6.45) is 1.52. The molecule has 0 aliphatic carbocycles. The molecule has 1 atom stereocenters. The monoisotopic (exact) mass is 520 g/mol. The minimum Gasteiger partial charge on any atom is -0.311 e. The van der Waals surface area contributed by atoms with Crippen molar-refractivity contribution in [2.45, 2.75) is 32.2 Å². The first-order chi connectivity index (χ1) is 12.3. The van der Waals surface area contributed by atoms with Crippen molar-refractivity contribution in [3.8, 4) is 11.4 Å². The van der Waals surface area contributed by atoms with Crippen LogP contribution >= 0.6 is 38.8 Å². The Morgan fingerprint density at radius 1 is 1.23 bits per heavy atom. The Bertz CT molecular complexity index is 898. The van der Waals surface area contributed by atoms with Gasteiger partial charge in [-0.15, -0.1) is 0 Å². The van der Waals surface area contributed by atoms with Crippen molar-refractivity contribution in [1.82, 2.24) is 15.2 Å². The van der Waals surface area contributed by atoms with E-state index < -0.39 is 0 Å². The smallest absolute Gasteiger partial charge is 0.155 e. The second kappa shape index (κ2) is 7.72. The highest BCUT2D eigenvalue weighted by atomic mass is 127.